The molecule has 0 aliphatic heterocycles. The van der Waals surface area contributed by atoms with Crippen molar-refractivity contribution in [3.8, 4) is 5.75 Å². The Labute approximate surface area is 170 Å². The average Bonchev–Trinajstić information content (AvgIpc) is 2.61. The van der Waals surface area contributed by atoms with Gasteiger partial charge in [0.25, 0.3) is 0 Å². The number of nitrogens with one attached hydrogen (secondary N) is 2. The third kappa shape index (κ3) is 5.90. The zero-order chi connectivity index (χ0) is 20.0. The number of methoxy groups -OCH3 is 1. The lowest BCUT2D eigenvalue weighted by atomic mass is 10.1. The molecule has 0 aromatic heterocycles. The molecule has 0 fully saturated rings. The number of hydrogen-bond donors (Lipinski definition) is 3. The molecule has 140 valence electrons. The van der Waals surface area contributed by atoms with Gasteiger partial charge in [-0.2, -0.15) is 0 Å². The van der Waals surface area contributed by atoms with Crippen molar-refractivity contribution in [2.75, 3.05) is 12.4 Å². The van der Waals surface area contributed by atoms with E-state index in [4.69, 9.17) is 22.1 Å². The first-order valence-corrected chi connectivity index (χ1v) is 8.98. The summed E-state index contributed by atoms with van der Waals surface area (Å²) in [5.41, 5.74) is 2.16. The summed E-state index contributed by atoms with van der Waals surface area (Å²) in [5.74, 6) is -0.843. The fraction of sp³-hybridized carbons (Fsp3) is 0.105. The summed E-state index contributed by atoms with van der Waals surface area (Å²) in [4.78, 5) is 23.2. The van der Waals surface area contributed by atoms with Gasteiger partial charge in [-0.3, -0.25) is 10.1 Å². The minimum absolute atomic E-state index is 0.0662. The molecule has 0 saturated carbocycles. The molecule has 27 heavy (non-hydrogen) atoms. The normalized spacial score (nSPS) is 10.5. The van der Waals surface area contributed by atoms with Crippen molar-refractivity contribution in [3.05, 3.63) is 63.6 Å². The number of rotatable bonds is 5. The van der Waals surface area contributed by atoms with E-state index in [0.29, 0.717) is 11.4 Å². The average molecular weight is 449 g/mol. The molecule has 0 heterocycles. The van der Waals surface area contributed by atoms with Gasteiger partial charge < -0.3 is 15.2 Å². The van der Waals surface area contributed by atoms with Gasteiger partial charge in [-0.25, -0.2) is 4.79 Å². The number of carboxylic acids is 1. The highest BCUT2D eigenvalue weighted by molar-refractivity contribution is 9.10. The molecule has 6 nitrogen and oxygen atoms in total. The molecule has 2 aromatic carbocycles. The van der Waals surface area contributed by atoms with Gasteiger partial charge in [0.05, 0.1) is 12.7 Å². The Morgan fingerprint density at radius 2 is 1.96 bits per heavy atom. The second kappa shape index (κ2) is 9.29. The first-order valence-electron chi connectivity index (χ1n) is 7.77. The Morgan fingerprint density at radius 1 is 1.22 bits per heavy atom. The summed E-state index contributed by atoms with van der Waals surface area (Å²) in [6.07, 6.45) is 2.94. The minimum Gasteiger partial charge on any atom is -0.496 e. The van der Waals surface area contributed by atoms with E-state index in [1.165, 1.54) is 18.2 Å². The van der Waals surface area contributed by atoms with Crippen LogP contribution >= 0.6 is 28.1 Å². The maximum absolute atomic E-state index is 12.1. The number of halogens is 1. The topological polar surface area (TPSA) is 87.7 Å². The van der Waals surface area contributed by atoms with E-state index in [-0.39, 0.29) is 10.7 Å². The number of carbonyl (C=O) groups is 2. The third-order valence-corrected chi connectivity index (χ3v) is 4.27. The van der Waals surface area contributed by atoms with E-state index < -0.39 is 11.9 Å². The maximum atomic E-state index is 12.1. The lowest BCUT2D eigenvalue weighted by Crippen LogP contribution is -2.33. The smallest absolute Gasteiger partial charge is 0.335 e. The van der Waals surface area contributed by atoms with Crippen molar-refractivity contribution in [2.24, 2.45) is 0 Å². The summed E-state index contributed by atoms with van der Waals surface area (Å²) < 4.78 is 6.10. The number of ether oxygens (including phenoxy) is 1. The van der Waals surface area contributed by atoms with Gasteiger partial charge in [-0.15, -0.1) is 0 Å². The Balaban J connectivity index is 2.04. The Kier molecular flexibility index (Phi) is 7.09. The third-order valence-electron chi connectivity index (χ3n) is 3.58. The predicted molar refractivity (Wildman–Crippen MR) is 112 cm³/mol. The van der Waals surface area contributed by atoms with E-state index in [0.717, 1.165) is 15.6 Å². The first-order chi connectivity index (χ1) is 12.8. The molecule has 2 aromatic rings. The minimum atomic E-state index is -1.04. The highest BCUT2D eigenvalue weighted by Crippen LogP contribution is 2.24. The van der Waals surface area contributed by atoms with Gasteiger partial charge in [0.15, 0.2) is 5.11 Å². The summed E-state index contributed by atoms with van der Waals surface area (Å²) in [6.45, 7) is 1.80. The molecule has 0 bridgehead atoms. The van der Waals surface area contributed by atoms with Crippen LogP contribution in [0.3, 0.4) is 0 Å². The van der Waals surface area contributed by atoms with Crippen molar-refractivity contribution >= 4 is 56.9 Å². The van der Waals surface area contributed by atoms with Crippen LogP contribution in [0.1, 0.15) is 21.5 Å². The molecule has 1 amide bonds. The van der Waals surface area contributed by atoms with Crippen LogP contribution in [0.25, 0.3) is 6.08 Å². The number of benzene rings is 2. The lowest BCUT2D eigenvalue weighted by Gasteiger charge is -2.11. The lowest BCUT2D eigenvalue weighted by molar-refractivity contribution is -0.115. The molecule has 0 atom stereocenters. The molecule has 0 aliphatic rings. The fourth-order valence-electron chi connectivity index (χ4n) is 2.20. The van der Waals surface area contributed by atoms with Gasteiger partial charge in [-0.1, -0.05) is 22.0 Å². The van der Waals surface area contributed by atoms with Crippen molar-refractivity contribution in [1.29, 1.82) is 0 Å². The van der Waals surface area contributed by atoms with E-state index >= 15 is 0 Å². The molecule has 0 saturated heterocycles. The van der Waals surface area contributed by atoms with Crippen molar-refractivity contribution in [2.45, 2.75) is 6.92 Å². The molecular weight excluding hydrogens is 432 g/mol. The van der Waals surface area contributed by atoms with Crippen LogP contribution in [0, 0.1) is 6.92 Å². The number of aryl methyl sites for hydroxylation is 1. The second-order valence-electron chi connectivity index (χ2n) is 5.50. The maximum Gasteiger partial charge on any atom is 0.335 e. The zero-order valence-electron chi connectivity index (χ0n) is 14.6. The largest absolute Gasteiger partial charge is 0.496 e. The highest BCUT2D eigenvalue weighted by Gasteiger charge is 2.09. The van der Waals surface area contributed by atoms with Crippen LogP contribution in [0.4, 0.5) is 5.69 Å². The van der Waals surface area contributed by atoms with Crippen LogP contribution in [0.5, 0.6) is 5.75 Å². The van der Waals surface area contributed by atoms with Gasteiger partial charge in [0, 0.05) is 21.8 Å². The van der Waals surface area contributed by atoms with Crippen molar-refractivity contribution < 1.29 is 19.4 Å². The number of carboxylic acid groups (broad SMARTS) is 1. The summed E-state index contributed by atoms with van der Waals surface area (Å²) in [6, 6.07) is 10.1. The molecular formula is C19H17BrN2O4S. The molecule has 0 aliphatic carbocycles. The number of aromatic carboxylic acids is 1. The van der Waals surface area contributed by atoms with Crippen LogP contribution in [-0.4, -0.2) is 29.2 Å². The van der Waals surface area contributed by atoms with Gasteiger partial charge in [-0.05, 0) is 61.1 Å². The fourth-order valence-corrected chi connectivity index (χ4v) is 2.79. The first kappa shape index (κ1) is 20.6. The van der Waals surface area contributed by atoms with Crippen LogP contribution in [0.2, 0.25) is 0 Å². The standard InChI is InChI=1S/C19H17BrN2O4S/c1-11-3-4-13(18(24)25)10-15(11)21-19(27)22-17(23)8-5-12-9-14(20)6-7-16(12)26-2/h3-10H,1-2H3,(H,24,25)(H2,21,22,23,27). The Morgan fingerprint density at radius 3 is 2.63 bits per heavy atom. The number of hydrogen-bond acceptors (Lipinski definition) is 4. The van der Waals surface area contributed by atoms with E-state index in [1.54, 1.807) is 32.2 Å². The van der Waals surface area contributed by atoms with Gasteiger partial charge in [0.1, 0.15) is 5.75 Å². The second-order valence-corrected chi connectivity index (χ2v) is 6.82. The molecule has 8 heteroatoms. The van der Waals surface area contributed by atoms with Gasteiger partial charge in [0.2, 0.25) is 5.91 Å². The monoisotopic (exact) mass is 448 g/mol. The van der Waals surface area contributed by atoms with Crippen LogP contribution < -0.4 is 15.4 Å². The molecule has 0 radical (unpaired) electrons. The highest BCUT2D eigenvalue weighted by atomic mass is 79.9. The SMILES string of the molecule is COc1ccc(Br)cc1C=CC(=O)NC(=S)Nc1cc(C(=O)O)ccc1C. The van der Waals surface area contributed by atoms with Crippen molar-refractivity contribution in [1.82, 2.24) is 5.32 Å². The van der Waals surface area contributed by atoms with Gasteiger partial charge >= 0.3 is 5.97 Å². The number of thiocarbonyl (C=S) groups is 1. The van der Waals surface area contributed by atoms with Crippen LogP contribution in [0.15, 0.2) is 46.9 Å². The van der Waals surface area contributed by atoms with E-state index in [2.05, 4.69) is 26.6 Å². The van der Waals surface area contributed by atoms with Crippen LogP contribution in [-0.2, 0) is 4.79 Å². The molecule has 3 N–H and O–H groups in total. The van der Waals surface area contributed by atoms with E-state index in [1.807, 2.05) is 12.1 Å². The quantitative estimate of drug-likeness (QED) is 0.473. The predicted octanol–water partition coefficient (Wildman–Crippen LogP) is 3.99. The molecule has 0 spiro atoms. The number of anilines is 1. The molecule has 0 unspecified atom stereocenters. The van der Waals surface area contributed by atoms with Crippen molar-refractivity contribution in [3.63, 3.8) is 0 Å². The zero-order valence-corrected chi connectivity index (χ0v) is 17.0. The number of carbonyl (C=O) groups excluding carboxylic acids is 1. The van der Waals surface area contributed by atoms with E-state index in [9.17, 15) is 9.59 Å². The summed E-state index contributed by atoms with van der Waals surface area (Å²) in [7, 11) is 1.55. The molecule has 2 rings (SSSR count). The Hall–Kier alpha value is -2.71. The Bertz CT molecular complexity index is 928. The number of amides is 1. The summed E-state index contributed by atoms with van der Waals surface area (Å²) in [5, 5.41) is 14.5. The summed E-state index contributed by atoms with van der Waals surface area (Å²) >= 11 is 8.49.